The van der Waals surface area contributed by atoms with Gasteiger partial charge in [-0.05, 0) is 49.6 Å². The van der Waals surface area contributed by atoms with Crippen molar-refractivity contribution in [2.24, 2.45) is 0 Å². The Kier molecular flexibility index (Phi) is 9.14. The SMILES string of the molecule is CCCCCCOc1ccccc1C(O)N(C(=O)c1ccc(-c2ccoc2)cc1)C(C)CC. The molecule has 176 valence electrons. The number of furan rings is 1. The van der Waals surface area contributed by atoms with Gasteiger partial charge in [0.25, 0.3) is 5.91 Å². The maximum atomic E-state index is 13.5. The summed E-state index contributed by atoms with van der Waals surface area (Å²) in [7, 11) is 0. The molecular formula is C28H35NO4. The van der Waals surface area contributed by atoms with Gasteiger partial charge in [0.2, 0.25) is 0 Å². The first kappa shape index (κ1) is 24.6. The molecule has 5 nitrogen and oxygen atoms in total. The minimum atomic E-state index is -1.10. The summed E-state index contributed by atoms with van der Waals surface area (Å²) in [6.07, 6.45) is 7.35. The Morgan fingerprint density at radius 2 is 1.76 bits per heavy atom. The molecule has 0 aliphatic rings. The van der Waals surface area contributed by atoms with Crippen molar-refractivity contribution in [1.29, 1.82) is 0 Å². The number of aliphatic hydroxyl groups excluding tert-OH is 1. The number of para-hydroxylation sites is 1. The van der Waals surface area contributed by atoms with Crippen LogP contribution in [0.4, 0.5) is 0 Å². The van der Waals surface area contributed by atoms with E-state index in [2.05, 4.69) is 6.92 Å². The van der Waals surface area contributed by atoms with Gasteiger partial charge in [-0.2, -0.15) is 0 Å². The van der Waals surface area contributed by atoms with Crippen LogP contribution in [0.25, 0.3) is 11.1 Å². The first-order valence-corrected chi connectivity index (χ1v) is 11.9. The van der Waals surface area contributed by atoms with Gasteiger partial charge in [0.1, 0.15) is 5.75 Å². The maximum absolute atomic E-state index is 13.5. The van der Waals surface area contributed by atoms with Crippen LogP contribution in [0.3, 0.4) is 0 Å². The summed E-state index contributed by atoms with van der Waals surface area (Å²) in [6, 6.07) is 16.5. The number of carbonyl (C=O) groups excluding carboxylic acids is 1. The number of aliphatic hydroxyl groups is 1. The van der Waals surface area contributed by atoms with Gasteiger partial charge in [0.15, 0.2) is 6.23 Å². The second-order valence-corrected chi connectivity index (χ2v) is 8.38. The van der Waals surface area contributed by atoms with E-state index in [0.29, 0.717) is 23.5 Å². The van der Waals surface area contributed by atoms with E-state index < -0.39 is 6.23 Å². The predicted octanol–water partition coefficient (Wildman–Crippen LogP) is 6.84. The highest BCUT2D eigenvalue weighted by Crippen LogP contribution is 2.31. The zero-order chi connectivity index (χ0) is 23.6. The van der Waals surface area contributed by atoms with E-state index >= 15 is 0 Å². The summed E-state index contributed by atoms with van der Waals surface area (Å²) in [5.74, 6) is 0.409. The van der Waals surface area contributed by atoms with E-state index in [-0.39, 0.29) is 11.9 Å². The van der Waals surface area contributed by atoms with E-state index in [0.717, 1.165) is 30.4 Å². The molecule has 1 aromatic heterocycles. The zero-order valence-electron chi connectivity index (χ0n) is 19.9. The molecule has 2 atom stereocenters. The molecule has 0 spiro atoms. The fourth-order valence-corrected chi connectivity index (χ4v) is 3.82. The van der Waals surface area contributed by atoms with Crippen LogP contribution < -0.4 is 4.74 Å². The fraction of sp³-hybridized carbons (Fsp3) is 0.393. The first-order chi connectivity index (χ1) is 16.1. The average molecular weight is 450 g/mol. The van der Waals surface area contributed by atoms with Crippen molar-refractivity contribution < 1.29 is 19.1 Å². The molecule has 0 radical (unpaired) electrons. The van der Waals surface area contributed by atoms with Crippen LogP contribution in [0, 0.1) is 0 Å². The number of ether oxygens (including phenoxy) is 1. The lowest BCUT2D eigenvalue weighted by Crippen LogP contribution is -2.41. The highest BCUT2D eigenvalue weighted by Gasteiger charge is 2.30. The molecule has 0 bridgehead atoms. The number of carbonyl (C=O) groups is 1. The summed E-state index contributed by atoms with van der Waals surface area (Å²) in [4.78, 5) is 15.1. The molecule has 0 aliphatic heterocycles. The molecule has 3 aromatic rings. The topological polar surface area (TPSA) is 62.9 Å². The van der Waals surface area contributed by atoms with Gasteiger partial charge in [-0.15, -0.1) is 0 Å². The summed E-state index contributed by atoms with van der Waals surface area (Å²) in [5.41, 5.74) is 3.06. The maximum Gasteiger partial charge on any atom is 0.256 e. The molecular weight excluding hydrogens is 414 g/mol. The average Bonchev–Trinajstić information content (AvgIpc) is 3.39. The predicted molar refractivity (Wildman–Crippen MR) is 131 cm³/mol. The van der Waals surface area contributed by atoms with Crippen LogP contribution in [-0.2, 0) is 0 Å². The lowest BCUT2D eigenvalue weighted by atomic mass is 10.0. The van der Waals surface area contributed by atoms with Crippen LogP contribution in [-0.4, -0.2) is 28.6 Å². The Bertz CT molecular complexity index is 981. The van der Waals surface area contributed by atoms with Crippen LogP contribution in [0.2, 0.25) is 0 Å². The van der Waals surface area contributed by atoms with Gasteiger partial charge in [-0.25, -0.2) is 0 Å². The van der Waals surface area contributed by atoms with E-state index in [1.54, 1.807) is 29.6 Å². The lowest BCUT2D eigenvalue weighted by Gasteiger charge is -2.34. The molecule has 0 saturated heterocycles. The van der Waals surface area contributed by atoms with Gasteiger partial charge in [0.05, 0.1) is 19.1 Å². The van der Waals surface area contributed by atoms with Crippen LogP contribution in [0.1, 0.15) is 75.0 Å². The van der Waals surface area contributed by atoms with Crippen LogP contribution in [0.5, 0.6) is 5.75 Å². The number of rotatable bonds is 12. The molecule has 0 fully saturated rings. The Morgan fingerprint density at radius 1 is 1.00 bits per heavy atom. The monoisotopic (exact) mass is 449 g/mol. The van der Waals surface area contributed by atoms with Crippen molar-refractivity contribution in [3.8, 4) is 16.9 Å². The third-order valence-corrected chi connectivity index (χ3v) is 6.00. The van der Waals surface area contributed by atoms with E-state index in [4.69, 9.17) is 9.15 Å². The number of nitrogens with zero attached hydrogens (tertiary/aromatic N) is 1. The van der Waals surface area contributed by atoms with Gasteiger partial charge < -0.3 is 19.2 Å². The minimum absolute atomic E-state index is 0.154. The fourth-order valence-electron chi connectivity index (χ4n) is 3.82. The Labute approximate surface area is 197 Å². The highest BCUT2D eigenvalue weighted by atomic mass is 16.5. The quantitative estimate of drug-likeness (QED) is 0.243. The molecule has 1 amide bonds. The van der Waals surface area contributed by atoms with Crippen molar-refractivity contribution in [2.75, 3.05) is 6.61 Å². The smallest absolute Gasteiger partial charge is 0.256 e. The lowest BCUT2D eigenvalue weighted by molar-refractivity contribution is -0.0129. The van der Waals surface area contributed by atoms with Crippen LogP contribution >= 0.6 is 0 Å². The van der Waals surface area contributed by atoms with Crippen molar-refractivity contribution in [1.82, 2.24) is 4.90 Å². The number of unbranched alkanes of at least 4 members (excludes halogenated alkanes) is 3. The molecule has 0 saturated carbocycles. The van der Waals surface area contributed by atoms with Crippen molar-refractivity contribution in [3.63, 3.8) is 0 Å². The summed E-state index contributed by atoms with van der Waals surface area (Å²) in [5, 5.41) is 11.4. The van der Waals surface area contributed by atoms with Crippen LogP contribution in [0.15, 0.2) is 71.5 Å². The second-order valence-electron chi connectivity index (χ2n) is 8.38. The summed E-state index contributed by atoms with van der Waals surface area (Å²) >= 11 is 0. The first-order valence-electron chi connectivity index (χ1n) is 11.9. The Morgan fingerprint density at radius 3 is 2.42 bits per heavy atom. The normalized spacial score (nSPS) is 12.8. The molecule has 1 N–H and O–H groups in total. The van der Waals surface area contributed by atoms with E-state index in [1.807, 2.05) is 56.3 Å². The zero-order valence-corrected chi connectivity index (χ0v) is 19.9. The largest absolute Gasteiger partial charge is 0.493 e. The van der Waals surface area contributed by atoms with Gasteiger partial charge in [0, 0.05) is 22.7 Å². The second kappa shape index (κ2) is 12.3. The molecule has 2 unspecified atom stereocenters. The molecule has 1 heterocycles. The third kappa shape index (κ3) is 6.26. The van der Waals surface area contributed by atoms with Gasteiger partial charge >= 0.3 is 0 Å². The molecule has 0 aliphatic carbocycles. The molecule has 5 heteroatoms. The molecule has 2 aromatic carbocycles. The molecule has 33 heavy (non-hydrogen) atoms. The number of hydrogen-bond donors (Lipinski definition) is 1. The van der Waals surface area contributed by atoms with E-state index in [9.17, 15) is 9.90 Å². The summed E-state index contributed by atoms with van der Waals surface area (Å²) in [6.45, 7) is 6.74. The standard InChI is InChI=1S/C28H35NO4/c1-4-6-7-10-18-33-26-12-9-8-11-25(26)28(31)29(21(3)5-2)27(30)23-15-13-22(14-16-23)24-17-19-32-20-24/h8-9,11-17,19-21,28,31H,4-7,10,18H2,1-3H3. The van der Waals surface area contributed by atoms with E-state index in [1.165, 1.54) is 12.8 Å². The number of amides is 1. The Balaban J connectivity index is 1.80. The Hall–Kier alpha value is -3.05. The van der Waals surface area contributed by atoms with Gasteiger partial charge in [-0.1, -0.05) is 63.4 Å². The summed E-state index contributed by atoms with van der Waals surface area (Å²) < 4.78 is 11.2. The number of hydrogen-bond acceptors (Lipinski definition) is 4. The van der Waals surface area contributed by atoms with Crippen molar-refractivity contribution >= 4 is 5.91 Å². The number of benzene rings is 2. The van der Waals surface area contributed by atoms with Crippen molar-refractivity contribution in [2.45, 2.75) is 65.1 Å². The molecule has 3 rings (SSSR count). The van der Waals surface area contributed by atoms with Gasteiger partial charge in [-0.3, -0.25) is 4.79 Å². The third-order valence-electron chi connectivity index (χ3n) is 6.00. The highest BCUT2D eigenvalue weighted by molar-refractivity contribution is 5.95. The minimum Gasteiger partial charge on any atom is -0.493 e. The van der Waals surface area contributed by atoms with Crippen molar-refractivity contribution in [3.05, 3.63) is 78.3 Å².